The summed E-state index contributed by atoms with van der Waals surface area (Å²) in [7, 11) is 0. The van der Waals surface area contributed by atoms with Crippen LogP contribution in [0, 0.1) is 0 Å². The van der Waals surface area contributed by atoms with E-state index in [0.717, 1.165) is 4.90 Å². The number of thioether (sulfide) groups is 1. The fourth-order valence-electron chi connectivity index (χ4n) is 3.03. The number of aryl methyl sites for hydroxylation is 2. The molecule has 0 aliphatic heterocycles. The number of fused-ring (bicyclic) bond motifs is 1. The van der Waals surface area contributed by atoms with Crippen LogP contribution < -0.4 is 5.32 Å². The average Bonchev–Trinajstić information content (AvgIpc) is 3.03. The largest absolute Gasteiger partial charge is 0.349 e. The van der Waals surface area contributed by atoms with E-state index in [0.29, 0.717) is 0 Å². The fraction of sp³-hybridized carbons (Fsp3) is 0.350. The van der Waals surface area contributed by atoms with Crippen molar-refractivity contribution < 1.29 is 4.79 Å². The van der Waals surface area contributed by atoms with E-state index in [9.17, 15) is 4.79 Å². The lowest BCUT2D eigenvalue weighted by Gasteiger charge is -2.18. The van der Waals surface area contributed by atoms with Crippen molar-refractivity contribution in [3.63, 3.8) is 0 Å². The highest BCUT2D eigenvalue weighted by Crippen LogP contribution is 2.26. The van der Waals surface area contributed by atoms with Crippen LogP contribution >= 0.6 is 11.8 Å². The topological polar surface area (TPSA) is 29.1 Å². The summed E-state index contributed by atoms with van der Waals surface area (Å²) < 4.78 is 0. The van der Waals surface area contributed by atoms with Gasteiger partial charge in [-0.2, -0.15) is 0 Å². The summed E-state index contributed by atoms with van der Waals surface area (Å²) in [5.41, 5.74) is 4.13. The maximum atomic E-state index is 12.4. The van der Waals surface area contributed by atoms with Gasteiger partial charge in [0.15, 0.2) is 0 Å². The van der Waals surface area contributed by atoms with Crippen LogP contribution in [0.3, 0.4) is 0 Å². The Hall–Kier alpha value is -1.74. The number of benzene rings is 2. The first kappa shape index (κ1) is 16.1. The molecule has 2 aromatic carbocycles. The van der Waals surface area contributed by atoms with E-state index in [4.69, 9.17) is 0 Å². The summed E-state index contributed by atoms with van der Waals surface area (Å²) in [5, 5.41) is 3.05. The van der Waals surface area contributed by atoms with Crippen LogP contribution in [-0.4, -0.2) is 11.2 Å². The molecule has 1 amide bonds. The Morgan fingerprint density at radius 1 is 1.04 bits per heavy atom. The smallest absolute Gasteiger partial charge is 0.233 e. The molecule has 120 valence electrons. The molecule has 1 aliphatic carbocycles. The molecule has 0 saturated carbocycles. The molecular weight excluding hydrogens is 302 g/mol. The highest BCUT2D eigenvalue weighted by atomic mass is 32.2. The molecule has 0 saturated heterocycles. The third-order valence-corrected chi connectivity index (χ3v) is 5.52. The summed E-state index contributed by atoms with van der Waals surface area (Å²) in [6.45, 7) is 4.02. The van der Waals surface area contributed by atoms with Gasteiger partial charge < -0.3 is 5.32 Å². The van der Waals surface area contributed by atoms with Gasteiger partial charge in [-0.1, -0.05) is 36.4 Å². The van der Waals surface area contributed by atoms with Crippen LogP contribution in [-0.2, 0) is 17.6 Å². The first-order valence-electron chi connectivity index (χ1n) is 8.27. The van der Waals surface area contributed by atoms with Crippen LogP contribution in [0.5, 0.6) is 0 Å². The molecule has 0 spiro atoms. The summed E-state index contributed by atoms with van der Waals surface area (Å²) >= 11 is 1.60. The van der Waals surface area contributed by atoms with E-state index in [2.05, 4.69) is 30.4 Å². The molecule has 0 aromatic heterocycles. The Morgan fingerprint density at radius 2 is 1.78 bits per heavy atom. The van der Waals surface area contributed by atoms with Crippen LogP contribution in [0.1, 0.15) is 43.0 Å². The van der Waals surface area contributed by atoms with E-state index >= 15 is 0 Å². The van der Waals surface area contributed by atoms with Crippen molar-refractivity contribution in [1.29, 1.82) is 0 Å². The molecule has 1 aliphatic rings. The number of rotatable bonds is 5. The van der Waals surface area contributed by atoms with Crippen molar-refractivity contribution >= 4 is 17.7 Å². The Balaban J connectivity index is 1.60. The summed E-state index contributed by atoms with van der Waals surface area (Å²) in [5.74, 6) is 0.0897. The minimum absolute atomic E-state index is 0.0484. The predicted octanol–water partition coefficient (Wildman–Crippen LogP) is 4.53. The monoisotopic (exact) mass is 325 g/mol. The molecule has 3 rings (SSSR count). The van der Waals surface area contributed by atoms with Gasteiger partial charge in [0.05, 0.1) is 11.3 Å². The van der Waals surface area contributed by atoms with E-state index < -0.39 is 0 Å². The lowest BCUT2D eigenvalue weighted by atomic mass is 10.0. The van der Waals surface area contributed by atoms with Gasteiger partial charge in [-0.25, -0.2) is 0 Å². The molecular formula is C20H23NOS. The van der Waals surface area contributed by atoms with E-state index in [1.54, 1.807) is 11.8 Å². The van der Waals surface area contributed by atoms with Crippen molar-refractivity contribution in [2.45, 2.75) is 49.3 Å². The van der Waals surface area contributed by atoms with Gasteiger partial charge in [-0.3, -0.25) is 4.79 Å². The van der Waals surface area contributed by atoms with Gasteiger partial charge in [0, 0.05) is 4.90 Å². The van der Waals surface area contributed by atoms with Crippen LogP contribution in [0.15, 0.2) is 53.4 Å². The van der Waals surface area contributed by atoms with Gasteiger partial charge in [0.25, 0.3) is 0 Å². The maximum absolute atomic E-state index is 12.4. The zero-order chi connectivity index (χ0) is 16.2. The SMILES string of the molecule is C[C@H](Sc1ccccc1)C(=O)N[C@H](C)c1ccc2c(c1)CCC2. The van der Waals surface area contributed by atoms with Gasteiger partial charge in [0.2, 0.25) is 5.91 Å². The molecule has 2 aromatic rings. The molecule has 3 heteroatoms. The number of nitrogens with one attached hydrogen (secondary N) is 1. The highest BCUT2D eigenvalue weighted by molar-refractivity contribution is 8.00. The van der Waals surface area contributed by atoms with E-state index in [-0.39, 0.29) is 17.2 Å². The first-order chi connectivity index (χ1) is 11.1. The summed E-state index contributed by atoms with van der Waals surface area (Å²) in [4.78, 5) is 13.6. The van der Waals surface area contributed by atoms with Gasteiger partial charge in [-0.05, 0) is 61.9 Å². The third-order valence-electron chi connectivity index (χ3n) is 4.41. The lowest BCUT2D eigenvalue weighted by Crippen LogP contribution is -2.33. The molecule has 23 heavy (non-hydrogen) atoms. The highest BCUT2D eigenvalue weighted by Gasteiger charge is 2.18. The van der Waals surface area contributed by atoms with Crippen LogP contribution in [0.4, 0.5) is 0 Å². The average molecular weight is 325 g/mol. The lowest BCUT2D eigenvalue weighted by molar-refractivity contribution is -0.120. The number of hydrogen-bond acceptors (Lipinski definition) is 2. The van der Waals surface area contributed by atoms with Crippen LogP contribution in [0.2, 0.25) is 0 Å². The second-order valence-corrected chi connectivity index (χ2v) is 7.60. The summed E-state index contributed by atoms with van der Waals surface area (Å²) in [6.07, 6.45) is 3.62. The minimum Gasteiger partial charge on any atom is -0.349 e. The number of hydrogen-bond donors (Lipinski definition) is 1. The van der Waals surface area contributed by atoms with Crippen molar-refractivity contribution in [3.8, 4) is 0 Å². The van der Waals surface area contributed by atoms with Crippen molar-refractivity contribution in [1.82, 2.24) is 5.32 Å². The molecule has 0 bridgehead atoms. The molecule has 2 nitrogen and oxygen atoms in total. The van der Waals surface area contributed by atoms with Crippen LogP contribution in [0.25, 0.3) is 0 Å². The third kappa shape index (κ3) is 3.97. The van der Waals surface area contributed by atoms with E-state index in [1.807, 2.05) is 37.3 Å². The Labute approximate surface area is 142 Å². The fourth-order valence-corrected chi connectivity index (χ4v) is 3.93. The molecule has 1 N–H and O–H groups in total. The molecule has 0 unspecified atom stereocenters. The normalized spacial score (nSPS) is 15.7. The van der Waals surface area contributed by atoms with Gasteiger partial charge in [0.1, 0.15) is 0 Å². The van der Waals surface area contributed by atoms with Crippen molar-refractivity contribution in [3.05, 3.63) is 65.2 Å². The number of amides is 1. The second-order valence-electron chi connectivity index (χ2n) is 6.19. The molecule has 0 fully saturated rings. The molecule has 0 heterocycles. The summed E-state index contributed by atoms with van der Waals surface area (Å²) in [6, 6.07) is 16.8. The second kappa shape index (κ2) is 7.22. The van der Waals surface area contributed by atoms with Gasteiger partial charge in [-0.15, -0.1) is 11.8 Å². The van der Waals surface area contributed by atoms with Gasteiger partial charge >= 0.3 is 0 Å². The van der Waals surface area contributed by atoms with Crippen molar-refractivity contribution in [2.24, 2.45) is 0 Å². The molecule has 2 atom stereocenters. The minimum atomic E-state index is -0.103. The van der Waals surface area contributed by atoms with Crippen molar-refractivity contribution in [2.75, 3.05) is 0 Å². The first-order valence-corrected chi connectivity index (χ1v) is 9.15. The predicted molar refractivity (Wildman–Crippen MR) is 96.8 cm³/mol. The van der Waals surface area contributed by atoms with E-state index in [1.165, 1.54) is 36.0 Å². The standard InChI is InChI=1S/C20H23NOS/c1-14(17-12-11-16-7-6-8-18(16)13-17)21-20(22)15(2)23-19-9-4-3-5-10-19/h3-5,9-15H,6-8H2,1-2H3,(H,21,22)/t14-,15+/m1/s1. The Bertz CT molecular complexity index is 683. The Kier molecular flexibility index (Phi) is 5.06. The zero-order valence-electron chi connectivity index (χ0n) is 13.7. The maximum Gasteiger partial charge on any atom is 0.233 e. The zero-order valence-corrected chi connectivity index (χ0v) is 14.5. The quantitative estimate of drug-likeness (QED) is 0.818. The number of carbonyl (C=O) groups is 1. The Morgan fingerprint density at radius 3 is 2.57 bits per heavy atom. The molecule has 0 radical (unpaired) electrons. The number of carbonyl (C=O) groups excluding carboxylic acids is 1.